The largest absolute Gasteiger partial charge is 0.365 e. The number of hydrogen-bond acceptors (Lipinski definition) is 7. The summed E-state index contributed by atoms with van der Waals surface area (Å²) in [5.74, 6) is -0.479. The van der Waals surface area contributed by atoms with Gasteiger partial charge in [-0.15, -0.1) is 0 Å². The van der Waals surface area contributed by atoms with Crippen molar-refractivity contribution >= 4 is 38.3 Å². The standard InChI is InChI=1S/C20H22FN5O3S/c1-29-23-14-4-5-25(9-10(14)8-22)16-7-15-12(6-13(16)21)18(27)17-19(28)24-30-20(17)26(15)11-2-3-11/h6-7,11,23H,2-5,8-9,22H2,1H3,(H,24,28). The molecule has 1 aliphatic carbocycles. The fraction of sp³-hybridized carbons (Fsp3) is 0.400. The average molecular weight is 431 g/mol. The van der Waals surface area contributed by atoms with E-state index in [0.29, 0.717) is 42.1 Å². The van der Waals surface area contributed by atoms with Crippen LogP contribution in [-0.4, -0.2) is 35.7 Å². The first-order valence-corrected chi connectivity index (χ1v) is 10.7. The van der Waals surface area contributed by atoms with Gasteiger partial charge in [0.1, 0.15) is 16.0 Å². The third-order valence-corrected chi connectivity index (χ3v) is 6.74. The highest BCUT2D eigenvalue weighted by molar-refractivity contribution is 7.12. The van der Waals surface area contributed by atoms with Crippen molar-refractivity contribution in [2.24, 2.45) is 5.73 Å². The number of halogens is 1. The van der Waals surface area contributed by atoms with Crippen molar-refractivity contribution in [3.63, 3.8) is 0 Å². The van der Waals surface area contributed by atoms with E-state index in [0.717, 1.165) is 24.1 Å². The molecule has 1 fully saturated rings. The lowest BCUT2D eigenvalue weighted by atomic mass is 10.0. The Morgan fingerprint density at radius 1 is 1.37 bits per heavy atom. The summed E-state index contributed by atoms with van der Waals surface area (Å²) in [5, 5.41) is 0.362. The molecule has 1 aromatic carbocycles. The van der Waals surface area contributed by atoms with Crippen LogP contribution in [0.1, 0.15) is 25.3 Å². The van der Waals surface area contributed by atoms with Gasteiger partial charge in [0.25, 0.3) is 5.56 Å². The fourth-order valence-electron chi connectivity index (χ4n) is 4.25. The Labute approximate surface area is 174 Å². The van der Waals surface area contributed by atoms with Crippen LogP contribution < -0.4 is 27.1 Å². The van der Waals surface area contributed by atoms with Gasteiger partial charge < -0.3 is 15.2 Å². The molecule has 158 valence electrons. The van der Waals surface area contributed by atoms with E-state index in [4.69, 9.17) is 10.6 Å². The molecule has 0 bridgehead atoms. The van der Waals surface area contributed by atoms with Gasteiger partial charge in [0, 0.05) is 43.2 Å². The highest BCUT2D eigenvalue weighted by Gasteiger charge is 2.30. The molecule has 3 aromatic rings. The third-order valence-electron chi connectivity index (χ3n) is 5.86. The van der Waals surface area contributed by atoms with Gasteiger partial charge in [-0.2, -0.15) is 0 Å². The summed E-state index contributed by atoms with van der Waals surface area (Å²) in [7, 11) is 1.55. The van der Waals surface area contributed by atoms with Crippen molar-refractivity contribution in [2.45, 2.75) is 25.3 Å². The van der Waals surface area contributed by atoms with Crippen LogP contribution in [0.5, 0.6) is 0 Å². The molecule has 4 N–H and O–H groups in total. The molecule has 8 nitrogen and oxygen atoms in total. The Morgan fingerprint density at radius 3 is 2.87 bits per heavy atom. The third kappa shape index (κ3) is 2.94. The van der Waals surface area contributed by atoms with Crippen LogP contribution in [0.15, 0.2) is 33.0 Å². The van der Waals surface area contributed by atoms with Crippen molar-refractivity contribution < 1.29 is 9.23 Å². The summed E-state index contributed by atoms with van der Waals surface area (Å²) in [5.41, 5.74) is 10.9. The van der Waals surface area contributed by atoms with Crippen LogP contribution in [0.4, 0.5) is 10.1 Å². The Morgan fingerprint density at radius 2 is 2.17 bits per heavy atom. The highest BCUT2D eigenvalue weighted by Crippen LogP contribution is 2.41. The minimum atomic E-state index is -0.479. The van der Waals surface area contributed by atoms with E-state index in [1.165, 1.54) is 17.6 Å². The monoisotopic (exact) mass is 431 g/mol. The van der Waals surface area contributed by atoms with Gasteiger partial charge in [0.05, 0.1) is 18.3 Å². The second-order valence-electron chi connectivity index (χ2n) is 7.73. The zero-order chi connectivity index (χ0) is 21.0. The molecule has 0 saturated heterocycles. The fourth-order valence-corrected chi connectivity index (χ4v) is 5.17. The smallest absolute Gasteiger partial charge is 0.271 e. The molecule has 30 heavy (non-hydrogen) atoms. The van der Waals surface area contributed by atoms with E-state index in [-0.39, 0.29) is 16.8 Å². The summed E-state index contributed by atoms with van der Waals surface area (Å²) in [6.45, 7) is 1.39. The maximum atomic E-state index is 15.2. The molecule has 0 unspecified atom stereocenters. The number of anilines is 1. The number of nitrogens with zero attached hydrogens (tertiary/aromatic N) is 2. The number of hydroxylamine groups is 1. The number of nitrogens with one attached hydrogen (secondary N) is 2. The number of nitrogens with two attached hydrogens (primary N) is 1. The molecular weight excluding hydrogens is 409 g/mol. The van der Waals surface area contributed by atoms with Crippen molar-refractivity contribution in [1.29, 1.82) is 0 Å². The van der Waals surface area contributed by atoms with Crippen molar-refractivity contribution in [3.05, 3.63) is 49.8 Å². The Kier molecular flexibility index (Phi) is 4.64. The zero-order valence-electron chi connectivity index (χ0n) is 16.5. The number of aromatic nitrogens is 2. The van der Waals surface area contributed by atoms with E-state index in [2.05, 4.69) is 9.85 Å². The van der Waals surface area contributed by atoms with E-state index in [9.17, 15) is 9.59 Å². The maximum absolute atomic E-state index is 15.2. The summed E-state index contributed by atoms with van der Waals surface area (Å²) in [6, 6.07) is 3.24. The Hall–Kier alpha value is -2.69. The van der Waals surface area contributed by atoms with E-state index < -0.39 is 16.8 Å². The molecule has 2 aromatic heterocycles. The number of rotatable bonds is 5. The van der Waals surface area contributed by atoms with Gasteiger partial charge in [-0.3, -0.25) is 24.3 Å². The molecule has 5 rings (SSSR count). The maximum Gasteiger partial charge on any atom is 0.271 e. The highest BCUT2D eigenvalue weighted by atomic mass is 32.1. The normalized spacial score (nSPS) is 17.4. The molecule has 0 radical (unpaired) electrons. The molecule has 0 spiro atoms. The predicted molar refractivity (Wildman–Crippen MR) is 115 cm³/mol. The number of H-pyrrole nitrogens is 1. The number of hydrogen-bond donors (Lipinski definition) is 3. The number of aromatic amines is 1. The number of benzene rings is 1. The lowest BCUT2D eigenvalue weighted by molar-refractivity contribution is 0.113. The Balaban J connectivity index is 1.69. The second-order valence-corrected chi connectivity index (χ2v) is 8.52. The van der Waals surface area contributed by atoms with Gasteiger partial charge >= 0.3 is 0 Å². The minimum Gasteiger partial charge on any atom is -0.365 e. The summed E-state index contributed by atoms with van der Waals surface area (Å²) in [4.78, 5) is 32.7. The van der Waals surface area contributed by atoms with Crippen molar-refractivity contribution in [2.75, 3.05) is 31.6 Å². The summed E-state index contributed by atoms with van der Waals surface area (Å²) in [6.07, 6.45) is 2.59. The SMILES string of the molecule is CONC1=C(CN)CN(c2cc3c(cc2F)c(=O)c2c(=O)[nH]sc2n3C2CC2)CC1. The lowest BCUT2D eigenvalue weighted by Crippen LogP contribution is -2.37. The van der Waals surface area contributed by atoms with Gasteiger partial charge in [-0.25, -0.2) is 4.39 Å². The van der Waals surface area contributed by atoms with E-state index in [1.54, 1.807) is 13.2 Å². The van der Waals surface area contributed by atoms with Crippen LogP contribution >= 0.6 is 11.5 Å². The molecule has 0 amide bonds. The molecule has 2 aliphatic rings. The van der Waals surface area contributed by atoms with E-state index >= 15 is 4.39 Å². The van der Waals surface area contributed by atoms with Gasteiger partial charge in [0.15, 0.2) is 0 Å². The predicted octanol–water partition coefficient (Wildman–Crippen LogP) is 1.95. The number of pyridine rings is 1. The zero-order valence-corrected chi connectivity index (χ0v) is 17.3. The first-order valence-electron chi connectivity index (χ1n) is 9.87. The van der Waals surface area contributed by atoms with Gasteiger partial charge in [-0.05, 0) is 42.1 Å². The molecule has 1 saturated carbocycles. The minimum absolute atomic E-state index is 0.119. The average Bonchev–Trinajstić information content (AvgIpc) is 3.50. The molecule has 0 atom stereocenters. The summed E-state index contributed by atoms with van der Waals surface area (Å²) >= 11 is 1.17. The van der Waals surface area contributed by atoms with E-state index in [1.807, 2.05) is 9.47 Å². The van der Waals surface area contributed by atoms with Gasteiger partial charge in [-0.1, -0.05) is 0 Å². The topological polar surface area (TPSA) is 105 Å². The molecule has 1 aliphatic heterocycles. The van der Waals surface area contributed by atoms with Crippen molar-refractivity contribution in [1.82, 2.24) is 14.4 Å². The first-order chi connectivity index (χ1) is 14.5. The molecule has 3 heterocycles. The number of fused-ring (bicyclic) bond motifs is 2. The van der Waals surface area contributed by atoms with Crippen molar-refractivity contribution in [3.8, 4) is 0 Å². The van der Waals surface area contributed by atoms with Crippen LogP contribution in [0.25, 0.3) is 21.1 Å². The Bertz CT molecular complexity index is 1300. The van der Waals surface area contributed by atoms with Crippen LogP contribution in [-0.2, 0) is 4.84 Å². The quantitative estimate of drug-likeness (QED) is 0.534. The lowest BCUT2D eigenvalue weighted by Gasteiger charge is -2.32. The van der Waals surface area contributed by atoms with Crippen LogP contribution in [0, 0.1) is 5.82 Å². The second kappa shape index (κ2) is 7.22. The molecule has 10 heteroatoms. The first kappa shape index (κ1) is 19.3. The molecular formula is C20H22FN5O3S. The summed E-state index contributed by atoms with van der Waals surface area (Å²) < 4.78 is 19.9. The van der Waals surface area contributed by atoms with Crippen LogP contribution in [0.2, 0.25) is 0 Å². The van der Waals surface area contributed by atoms with Crippen LogP contribution in [0.3, 0.4) is 0 Å². The van der Waals surface area contributed by atoms with Gasteiger partial charge in [0.2, 0.25) is 5.43 Å².